The lowest BCUT2D eigenvalue weighted by Gasteiger charge is -2.24. The highest BCUT2D eigenvalue weighted by Crippen LogP contribution is 2.40. The van der Waals surface area contributed by atoms with Gasteiger partial charge >= 0.3 is 6.09 Å². The number of rotatable bonds is 16. The molecule has 1 N–H and O–H groups in total. The topological polar surface area (TPSA) is 91.3 Å². The fourth-order valence-electron chi connectivity index (χ4n) is 4.91. The molecule has 3 rings (SSSR count). The molecule has 0 fully saturated rings. The number of benzene rings is 2. The van der Waals surface area contributed by atoms with Crippen LogP contribution in [0.1, 0.15) is 90.9 Å². The van der Waals surface area contributed by atoms with Gasteiger partial charge in [-0.1, -0.05) is 133 Å². The molecule has 0 bridgehead atoms. The summed E-state index contributed by atoms with van der Waals surface area (Å²) in [5, 5.41) is 8.91. The van der Waals surface area contributed by atoms with E-state index in [2.05, 4.69) is 33.3 Å². The van der Waals surface area contributed by atoms with Gasteiger partial charge in [-0.3, -0.25) is 9.59 Å². The van der Waals surface area contributed by atoms with E-state index in [9.17, 15) is 14.4 Å². The Bertz CT molecular complexity index is 1350. The average Bonchev–Trinajstić information content (AvgIpc) is 3.26. The zero-order valence-corrected chi connectivity index (χ0v) is 30.1. The molecule has 1 heterocycles. The summed E-state index contributed by atoms with van der Waals surface area (Å²) in [6.45, 7) is 3.93. The van der Waals surface area contributed by atoms with Crippen molar-refractivity contribution in [3.8, 4) is 0 Å². The molecule has 45 heavy (non-hydrogen) atoms. The first-order valence-corrected chi connectivity index (χ1v) is 17.8. The number of nitrogens with one attached hydrogen (secondary N) is 1. The van der Waals surface area contributed by atoms with Crippen molar-refractivity contribution in [2.24, 2.45) is 5.10 Å². The van der Waals surface area contributed by atoms with Crippen molar-refractivity contribution >= 4 is 103 Å². The first kappa shape index (κ1) is 37.4. The van der Waals surface area contributed by atoms with E-state index in [0.29, 0.717) is 12.1 Å². The quantitative estimate of drug-likeness (QED) is 0.136. The summed E-state index contributed by atoms with van der Waals surface area (Å²) in [5.41, 5.74) is 0.688. The maximum absolute atomic E-state index is 13.3. The first-order valence-electron chi connectivity index (χ1n) is 15.4. The number of unbranched alkanes of at least 4 members (excludes halogenated alkanes) is 10. The zero-order chi connectivity index (χ0) is 32.9. The molecule has 0 saturated heterocycles. The summed E-state index contributed by atoms with van der Waals surface area (Å²) in [6, 6.07) is 7.58. The largest absolute Gasteiger partial charge is 0.449 e. The van der Waals surface area contributed by atoms with E-state index in [1.165, 1.54) is 69.6 Å². The molecule has 0 aromatic heterocycles. The summed E-state index contributed by atoms with van der Waals surface area (Å²) in [6.07, 6.45) is 12.7. The third kappa shape index (κ3) is 10.7. The number of carbonyl (C=O) groups is 3. The molecular weight excluding hydrogens is 726 g/mol. The van der Waals surface area contributed by atoms with Gasteiger partial charge in [0.1, 0.15) is 5.69 Å². The normalized spacial score (nSPS) is 14.5. The van der Waals surface area contributed by atoms with E-state index in [-0.39, 0.29) is 49.8 Å². The summed E-state index contributed by atoms with van der Waals surface area (Å²) in [4.78, 5) is 39.3. The van der Waals surface area contributed by atoms with Crippen LogP contribution in [0.5, 0.6) is 0 Å². The van der Waals surface area contributed by atoms with E-state index < -0.39 is 16.8 Å². The zero-order valence-electron chi connectivity index (χ0n) is 25.5. The van der Waals surface area contributed by atoms with Crippen LogP contribution in [-0.2, 0) is 14.3 Å². The molecule has 0 saturated carbocycles. The first-order chi connectivity index (χ1) is 21.6. The molecule has 3 amide bonds. The molecule has 1 aliphatic rings. The minimum Gasteiger partial charge on any atom is -0.449 e. The van der Waals surface area contributed by atoms with Gasteiger partial charge in [0.25, 0.3) is 5.91 Å². The molecule has 0 aliphatic carbocycles. The van der Waals surface area contributed by atoms with E-state index >= 15 is 0 Å². The number of hydrogen-bond acceptors (Lipinski definition) is 5. The van der Waals surface area contributed by atoms with Gasteiger partial charge in [0.2, 0.25) is 5.91 Å². The lowest BCUT2D eigenvalue weighted by molar-refractivity contribution is -0.117. The lowest BCUT2D eigenvalue weighted by atomic mass is 10.1. The average molecular weight is 765 g/mol. The van der Waals surface area contributed by atoms with Gasteiger partial charge in [-0.05, 0) is 43.7 Å². The predicted octanol–water partition coefficient (Wildman–Crippen LogP) is 11.0. The number of amides is 3. The molecule has 1 atom stereocenters. The summed E-state index contributed by atoms with van der Waals surface area (Å²) < 4.78 is 5.30. The maximum Gasteiger partial charge on any atom is 0.420 e. The molecule has 1 unspecified atom stereocenters. The number of ether oxygens (including phenoxy) is 1. The summed E-state index contributed by atoms with van der Waals surface area (Å²) >= 11 is 28.7. The van der Waals surface area contributed by atoms with Crippen molar-refractivity contribution in [3.63, 3.8) is 0 Å². The fourth-order valence-corrected chi connectivity index (χ4v) is 6.58. The summed E-state index contributed by atoms with van der Waals surface area (Å²) in [7, 11) is 0. The molecule has 0 radical (unpaired) electrons. The number of hydrazone groups is 1. The number of amidine groups is 1. The van der Waals surface area contributed by atoms with Crippen LogP contribution in [0.4, 0.5) is 21.9 Å². The van der Waals surface area contributed by atoms with Crippen LogP contribution in [-0.4, -0.2) is 35.2 Å². The highest BCUT2D eigenvalue weighted by atomic mass is 79.9. The van der Waals surface area contributed by atoms with Crippen LogP contribution in [0.25, 0.3) is 0 Å². The van der Waals surface area contributed by atoms with Gasteiger partial charge in [-0.2, -0.15) is 5.01 Å². The second-order valence-electron chi connectivity index (χ2n) is 10.7. The van der Waals surface area contributed by atoms with Gasteiger partial charge in [0.15, 0.2) is 10.7 Å². The molecular formula is C32H39BrCl4N4O4. The van der Waals surface area contributed by atoms with E-state index in [0.717, 1.165) is 29.2 Å². The highest BCUT2D eigenvalue weighted by molar-refractivity contribution is 9.10. The van der Waals surface area contributed by atoms with Crippen LogP contribution >= 0.6 is 62.3 Å². The van der Waals surface area contributed by atoms with Crippen LogP contribution in [0.15, 0.2) is 35.4 Å². The Labute approximate surface area is 293 Å². The Morgan fingerprint density at radius 3 is 2.04 bits per heavy atom. The number of carbonyl (C=O) groups excluding carboxylic acids is 3. The Hall–Kier alpha value is -2.04. The third-order valence-electron chi connectivity index (χ3n) is 7.21. The van der Waals surface area contributed by atoms with E-state index in [4.69, 9.17) is 51.1 Å². The van der Waals surface area contributed by atoms with Crippen LogP contribution < -0.4 is 15.2 Å². The second kappa shape index (κ2) is 18.9. The smallest absolute Gasteiger partial charge is 0.420 e. The molecule has 8 nitrogen and oxygen atoms in total. The monoisotopic (exact) mass is 762 g/mol. The minimum atomic E-state index is -1.08. The van der Waals surface area contributed by atoms with Gasteiger partial charge in [0.05, 0.1) is 27.4 Å². The van der Waals surface area contributed by atoms with Crippen molar-refractivity contribution in [2.45, 2.75) is 95.7 Å². The van der Waals surface area contributed by atoms with Crippen molar-refractivity contribution < 1.29 is 19.1 Å². The molecule has 2 aromatic carbocycles. The maximum atomic E-state index is 13.3. The predicted molar refractivity (Wildman–Crippen MR) is 190 cm³/mol. The fraction of sp³-hybridized carbons (Fsp3) is 0.500. The number of alkyl halides is 1. The second-order valence-corrected chi connectivity index (χ2v) is 13.3. The molecule has 246 valence electrons. The van der Waals surface area contributed by atoms with Crippen molar-refractivity contribution in [2.75, 3.05) is 21.8 Å². The van der Waals surface area contributed by atoms with Gasteiger partial charge in [0, 0.05) is 17.1 Å². The van der Waals surface area contributed by atoms with Crippen LogP contribution in [0, 0.1) is 0 Å². The Kier molecular flexibility index (Phi) is 15.8. The van der Waals surface area contributed by atoms with Crippen LogP contribution in [0.3, 0.4) is 0 Å². The van der Waals surface area contributed by atoms with Crippen molar-refractivity contribution in [3.05, 3.63) is 50.4 Å². The Morgan fingerprint density at radius 2 is 1.47 bits per heavy atom. The van der Waals surface area contributed by atoms with Gasteiger partial charge in [-0.25, -0.2) is 9.69 Å². The lowest BCUT2D eigenvalue weighted by Crippen LogP contribution is -2.42. The van der Waals surface area contributed by atoms with Crippen molar-refractivity contribution in [1.29, 1.82) is 0 Å². The van der Waals surface area contributed by atoms with Crippen molar-refractivity contribution in [1.82, 2.24) is 0 Å². The van der Waals surface area contributed by atoms with Gasteiger partial charge < -0.3 is 10.1 Å². The minimum absolute atomic E-state index is 0.0353. The van der Waals surface area contributed by atoms with E-state index in [1.807, 2.05) is 0 Å². The van der Waals surface area contributed by atoms with Crippen LogP contribution in [0.2, 0.25) is 20.1 Å². The number of anilines is 3. The molecule has 0 spiro atoms. The van der Waals surface area contributed by atoms with E-state index in [1.54, 1.807) is 19.1 Å². The van der Waals surface area contributed by atoms with Gasteiger partial charge in [-0.15, -0.1) is 5.10 Å². The Balaban J connectivity index is 1.69. The Morgan fingerprint density at radius 1 is 0.889 bits per heavy atom. The molecule has 1 aliphatic heterocycles. The molecule has 13 heteroatoms. The SMILES string of the molecule is CCCCCCCCCCCCCC(=O)Nc1ccc(Cl)c(N(C(=O)OCC)C2=NN(c3c(Cl)cc(Cl)cc3Cl)C(=O)C2Br)c1. The standard InChI is InChI=1S/C32H39BrCl4N4O4/c1-3-5-6-7-8-9-10-11-12-13-14-15-27(42)38-22-16-17-23(35)26(20-22)40(32(44)45-4-2)30-28(33)31(43)41(39-30)29-24(36)18-21(34)19-25(29)37/h16-20,28H,3-15H2,1-2H3,(H,38,42). The number of nitrogens with zero attached hydrogens (tertiary/aromatic N) is 3. The number of hydrogen-bond donors (Lipinski definition) is 1. The summed E-state index contributed by atoms with van der Waals surface area (Å²) in [5.74, 6) is -0.739. The third-order valence-corrected chi connectivity index (χ3v) is 9.12. The molecule has 2 aromatic rings. The number of halogens is 5. The highest BCUT2D eigenvalue weighted by Gasteiger charge is 2.43.